The molecular formula is C12H11N3OS. The van der Waals surface area contributed by atoms with E-state index < -0.39 is 0 Å². The summed E-state index contributed by atoms with van der Waals surface area (Å²) in [6.45, 7) is 0.927. The highest BCUT2D eigenvalue weighted by Gasteiger charge is 2.18. The fourth-order valence-corrected chi connectivity index (χ4v) is 2.60. The zero-order valence-electron chi connectivity index (χ0n) is 9.17. The van der Waals surface area contributed by atoms with E-state index in [0.717, 1.165) is 36.5 Å². The maximum absolute atomic E-state index is 11.0. The van der Waals surface area contributed by atoms with Gasteiger partial charge < -0.3 is 4.90 Å². The van der Waals surface area contributed by atoms with Gasteiger partial charge in [0.25, 0.3) is 0 Å². The molecule has 0 atom stereocenters. The van der Waals surface area contributed by atoms with Gasteiger partial charge in [-0.15, -0.1) is 5.10 Å². The van der Waals surface area contributed by atoms with Crippen LogP contribution < -0.4 is 9.77 Å². The van der Waals surface area contributed by atoms with Crippen LogP contribution in [0.15, 0.2) is 34.4 Å². The normalized spacial score (nSPS) is 14.5. The first kappa shape index (κ1) is 10.4. The van der Waals surface area contributed by atoms with Gasteiger partial charge in [0.15, 0.2) is 5.82 Å². The average Bonchev–Trinajstić information content (AvgIpc) is 2.39. The van der Waals surface area contributed by atoms with Gasteiger partial charge in [0.1, 0.15) is 0 Å². The molecule has 4 nitrogen and oxygen atoms in total. The summed E-state index contributed by atoms with van der Waals surface area (Å²) in [5.74, 6) is 0.766. The summed E-state index contributed by atoms with van der Waals surface area (Å²) in [4.78, 5) is 12.9. The molecule has 0 N–H and O–H groups in total. The van der Waals surface area contributed by atoms with Crippen molar-refractivity contribution in [2.75, 3.05) is 11.4 Å². The lowest BCUT2D eigenvalue weighted by molar-refractivity contribution is 0.754. The molecule has 0 fully saturated rings. The molecule has 2 heterocycles. The lowest BCUT2D eigenvalue weighted by Crippen LogP contribution is -2.25. The van der Waals surface area contributed by atoms with E-state index in [1.807, 2.05) is 6.07 Å². The quantitative estimate of drug-likeness (QED) is 0.770. The summed E-state index contributed by atoms with van der Waals surface area (Å²) < 4.78 is 0. The fourth-order valence-electron chi connectivity index (χ4n) is 2.13. The fraction of sp³-hybridized carbons (Fsp3) is 0.250. The number of hydrogen-bond donors (Lipinski definition) is 0. The van der Waals surface area contributed by atoms with Crippen LogP contribution in [0.5, 0.6) is 0 Å². The highest BCUT2D eigenvalue weighted by molar-refractivity contribution is 7.07. The Morgan fingerprint density at radius 3 is 2.94 bits per heavy atom. The maximum atomic E-state index is 11.0. The Bertz CT molecular complexity index is 576. The van der Waals surface area contributed by atoms with Crippen LogP contribution in [0.3, 0.4) is 0 Å². The van der Waals surface area contributed by atoms with Gasteiger partial charge in [-0.1, -0.05) is 34.6 Å². The van der Waals surface area contributed by atoms with Crippen molar-refractivity contribution in [1.82, 2.24) is 10.2 Å². The first-order valence-corrected chi connectivity index (χ1v) is 6.40. The second-order valence-corrected chi connectivity index (χ2v) is 4.76. The van der Waals surface area contributed by atoms with Crippen LogP contribution in [0.25, 0.3) is 0 Å². The molecular weight excluding hydrogens is 234 g/mol. The first-order chi connectivity index (χ1) is 8.34. The van der Waals surface area contributed by atoms with Crippen molar-refractivity contribution < 1.29 is 0 Å². The van der Waals surface area contributed by atoms with Crippen LogP contribution in [-0.4, -0.2) is 16.7 Å². The van der Waals surface area contributed by atoms with Gasteiger partial charge in [0, 0.05) is 17.6 Å². The Balaban J connectivity index is 2.05. The van der Waals surface area contributed by atoms with Crippen LogP contribution in [0.1, 0.15) is 12.0 Å². The van der Waals surface area contributed by atoms with Crippen LogP contribution in [0.2, 0.25) is 0 Å². The molecule has 1 aliphatic heterocycles. The van der Waals surface area contributed by atoms with E-state index in [9.17, 15) is 4.79 Å². The highest BCUT2D eigenvalue weighted by atomic mass is 32.1. The molecule has 2 aromatic rings. The molecule has 0 saturated carbocycles. The summed E-state index contributed by atoms with van der Waals surface area (Å²) >= 11 is 1.09. The lowest BCUT2D eigenvalue weighted by Gasteiger charge is -2.29. The number of benzene rings is 1. The molecule has 3 rings (SSSR count). The monoisotopic (exact) mass is 245 g/mol. The summed E-state index contributed by atoms with van der Waals surface area (Å²) in [5.41, 5.74) is 2.51. The number of anilines is 2. The van der Waals surface area contributed by atoms with E-state index in [-0.39, 0.29) is 4.87 Å². The van der Waals surface area contributed by atoms with Gasteiger partial charge in [-0.25, -0.2) is 0 Å². The molecule has 0 amide bonds. The van der Waals surface area contributed by atoms with Gasteiger partial charge in [-0.3, -0.25) is 4.79 Å². The van der Waals surface area contributed by atoms with E-state index in [2.05, 4.69) is 33.3 Å². The molecule has 5 heteroatoms. The Labute approximate surface area is 103 Å². The second-order valence-electron chi connectivity index (χ2n) is 3.94. The third-order valence-corrected chi connectivity index (χ3v) is 3.50. The zero-order chi connectivity index (χ0) is 11.7. The smallest absolute Gasteiger partial charge is 0.324 e. The molecule has 1 aromatic carbocycles. The predicted octanol–water partition coefficient (Wildman–Crippen LogP) is 1.98. The standard InChI is InChI=1S/C12H11N3OS/c16-12-14-13-11(8-17-12)15-7-3-5-9-4-1-2-6-10(9)15/h1-2,4,6,8H,3,5,7H2. The van der Waals surface area contributed by atoms with E-state index in [0.29, 0.717) is 0 Å². The van der Waals surface area contributed by atoms with Crippen LogP contribution in [-0.2, 0) is 6.42 Å². The third-order valence-electron chi connectivity index (χ3n) is 2.89. The predicted molar refractivity (Wildman–Crippen MR) is 67.9 cm³/mol. The highest BCUT2D eigenvalue weighted by Crippen LogP contribution is 2.31. The van der Waals surface area contributed by atoms with Gasteiger partial charge >= 0.3 is 4.87 Å². The minimum atomic E-state index is -0.251. The van der Waals surface area contributed by atoms with Crippen LogP contribution in [0, 0.1) is 0 Å². The van der Waals surface area contributed by atoms with Crippen molar-refractivity contribution in [2.45, 2.75) is 12.8 Å². The van der Waals surface area contributed by atoms with Gasteiger partial charge in [-0.2, -0.15) is 0 Å². The number of rotatable bonds is 1. The lowest BCUT2D eigenvalue weighted by atomic mass is 10.0. The van der Waals surface area contributed by atoms with Crippen molar-refractivity contribution in [2.24, 2.45) is 0 Å². The van der Waals surface area contributed by atoms with Crippen molar-refractivity contribution in [1.29, 1.82) is 0 Å². The number of hydrogen-bond acceptors (Lipinski definition) is 5. The van der Waals surface area contributed by atoms with Crippen molar-refractivity contribution in [3.63, 3.8) is 0 Å². The second kappa shape index (κ2) is 4.25. The summed E-state index contributed by atoms with van der Waals surface area (Å²) in [6.07, 6.45) is 2.20. The number of aryl methyl sites for hydroxylation is 1. The van der Waals surface area contributed by atoms with Gasteiger partial charge in [0.2, 0.25) is 0 Å². The molecule has 0 radical (unpaired) electrons. The van der Waals surface area contributed by atoms with Crippen molar-refractivity contribution in [3.05, 3.63) is 44.9 Å². The molecule has 0 saturated heterocycles. The molecule has 17 heavy (non-hydrogen) atoms. The molecule has 86 valence electrons. The van der Waals surface area contributed by atoms with E-state index >= 15 is 0 Å². The minimum Gasteiger partial charge on any atom is -0.324 e. The number of fused-ring (bicyclic) bond motifs is 1. The SMILES string of the molecule is O=c1nnc(N2CCCc3ccccc32)cs1. The van der Waals surface area contributed by atoms with Crippen LogP contribution >= 0.6 is 11.3 Å². The van der Waals surface area contributed by atoms with Crippen LogP contribution in [0.4, 0.5) is 11.5 Å². The minimum absolute atomic E-state index is 0.251. The largest absolute Gasteiger partial charge is 0.344 e. The third kappa shape index (κ3) is 1.93. The van der Waals surface area contributed by atoms with E-state index in [4.69, 9.17) is 0 Å². The zero-order valence-corrected chi connectivity index (χ0v) is 9.98. The van der Waals surface area contributed by atoms with Crippen molar-refractivity contribution in [3.8, 4) is 0 Å². The summed E-state index contributed by atoms with van der Waals surface area (Å²) in [6, 6.07) is 8.31. The van der Waals surface area contributed by atoms with Gasteiger partial charge in [0.05, 0.1) is 0 Å². The Kier molecular flexibility index (Phi) is 2.60. The van der Waals surface area contributed by atoms with Gasteiger partial charge in [-0.05, 0) is 24.5 Å². The Hall–Kier alpha value is -1.75. The number of aromatic nitrogens is 2. The number of para-hydroxylation sites is 1. The van der Waals surface area contributed by atoms with E-state index in [1.54, 1.807) is 5.38 Å². The summed E-state index contributed by atoms with van der Waals surface area (Å²) in [5, 5.41) is 9.35. The molecule has 0 spiro atoms. The average molecular weight is 245 g/mol. The summed E-state index contributed by atoms with van der Waals surface area (Å²) in [7, 11) is 0. The molecule has 0 unspecified atom stereocenters. The Morgan fingerprint density at radius 1 is 1.24 bits per heavy atom. The molecule has 0 bridgehead atoms. The molecule has 0 aliphatic carbocycles. The number of nitrogens with zero attached hydrogens (tertiary/aromatic N) is 3. The van der Waals surface area contributed by atoms with E-state index in [1.165, 1.54) is 11.3 Å². The Morgan fingerprint density at radius 2 is 2.12 bits per heavy atom. The first-order valence-electron chi connectivity index (χ1n) is 5.52. The maximum Gasteiger partial charge on any atom is 0.344 e. The van der Waals surface area contributed by atoms with Crippen molar-refractivity contribution >= 4 is 22.8 Å². The topological polar surface area (TPSA) is 46.1 Å². The molecule has 1 aromatic heterocycles. The molecule has 1 aliphatic rings.